The number of rotatable bonds is 10. The van der Waals surface area contributed by atoms with Crippen molar-refractivity contribution in [2.75, 3.05) is 13.2 Å². The van der Waals surface area contributed by atoms with E-state index in [2.05, 4.69) is 0 Å². The van der Waals surface area contributed by atoms with Crippen molar-refractivity contribution in [3.8, 4) is 11.3 Å². The molecule has 4 aromatic rings. The minimum atomic E-state index is -0.567. The van der Waals surface area contributed by atoms with Crippen molar-refractivity contribution in [2.45, 2.75) is 85.9 Å². The van der Waals surface area contributed by atoms with Crippen LogP contribution in [0.5, 0.6) is 0 Å². The van der Waals surface area contributed by atoms with Gasteiger partial charge < -0.3 is 14.2 Å². The molecular formula is C44H47Cl4O6+. The predicted molar refractivity (Wildman–Crippen MR) is 223 cm³/mol. The van der Waals surface area contributed by atoms with E-state index in [0.29, 0.717) is 73.0 Å². The maximum Gasteiger partial charge on any atom is 0.360 e. The van der Waals surface area contributed by atoms with Gasteiger partial charge in [-0.1, -0.05) is 66.3 Å². The van der Waals surface area contributed by atoms with E-state index in [4.69, 9.17) is 65.0 Å². The lowest BCUT2D eigenvalue weighted by Crippen LogP contribution is -2.64. The zero-order chi connectivity index (χ0) is 40.0. The molecule has 1 aliphatic rings. The minimum absolute atomic E-state index is 0.0751. The zero-order valence-electron chi connectivity index (χ0n) is 32.4. The van der Waals surface area contributed by atoms with E-state index < -0.39 is 16.7 Å². The van der Waals surface area contributed by atoms with E-state index in [1.54, 1.807) is 48.6 Å². The molecule has 2 heterocycles. The van der Waals surface area contributed by atoms with Gasteiger partial charge in [0.15, 0.2) is 0 Å². The van der Waals surface area contributed by atoms with Gasteiger partial charge in [-0.25, -0.2) is 4.42 Å². The molecule has 6 nitrogen and oxygen atoms in total. The molecule has 3 aromatic carbocycles. The number of halogens is 4. The van der Waals surface area contributed by atoms with E-state index in [9.17, 15) is 9.59 Å². The van der Waals surface area contributed by atoms with Gasteiger partial charge in [-0.3, -0.25) is 9.59 Å². The highest BCUT2D eigenvalue weighted by atomic mass is 35.5. The molecule has 1 atom stereocenters. The average Bonchev–Trinajstić information content (AvgIpc) is 3.09. The van der Waals surface area contributed by atoms with Crippen LogP contribution in [-0.4, -0.2) is 24.4 Å². The largest absolute Gasteiger partial charge is 0.461 e. The van der Waals surface area contributed by atoms with Crippen LogP contribution in [0.15, 0.2) is 80.4 Å². The van der Waals surface area contributed by atoms with Crippen molar-refractivity contribution in [1.29, 1.82) is 0 Å². The van der Waals surface area contributed by atoms with Crippen LogP contribution >= 0.6 is 46.4 Å². The summed E-state index contributed by atoms with van der Waals surface area (Å²) >= 11 is 25.2. The Morgan fingerprint density at radius 2 is 1.20 bits per heavy atom. The number of ether oxygens (including phenoxy) is 3. The predicted octanol–water partition coefficient (Wildman–Crippen LogP) is 10.6. The molecule has 0 N–H and O–H groups in total. The number of allylic oxidation sites excluding steroid dienone is 2. The van der Waals surface area contributed by atoms with Crippen LogP contribution in [0.3, 0.4) is 0 Å². The van der Waals surface area contributed by atoms with Gasteiger partial charge in [0.1, 0.15) is 16.9 Å². The molecule has 0 spiro atoms. The molecule has 0 radical (unpaired) electrons. The highest BCUT2D eigenvalue weighted by Gasteiger charge is 2.36. The van der Waals surface area contributed by atoms with E-state index in [0.717, 1.165) is 0 Å². The Kier molecular flexibility index (Phi) is 12.2. The summed E-state index contributed by atoms with van der Waals surface area (Å²) in [6, 6.07) is 14.1. The Balaban J connectivity index is 1.60. The van der Waals surface area contributed by atoms with Gasteiger partial charge in [0.25, 0.3) is 0 Å². The van der Waals surface area contributed by atoms with Crippen LogP contribution in [0.4, 0.5) is 0 Å². The van der Waals surface area contributed by atoms with Gasteiger partial charge in [-0.2, -0.15) is 0 Å². The molecule has 0 aliphatic carbocycles. The summed E-state index contributed by atoms with van der Waals surface area (Å²) in [5.41, 5.74) is -0.544. The van der Waals surface area contributed by atoms with Crippen LogP contribution in [-0.2, 0) is 19.6 Å². The lowest BCUT2D eigenvalue weighted by molar-refractivity contribution is -0.0423. The molecule has 54 heavy (non-hydrogen) atoms. The fourth-order valence-electron chi connectivity index (χ4n) is 5.59. The van der Waals surface area contributed by atoms with Crippen LogP contribution in [0.25, 0.3) is 29.2 Å². The van der Waals surface area contributed by atoms with Gasteiger partial charge in [-0.05, 0) is 116 Å². The summed E-state index contributed by atoms with van der Waals surface area (Å²) in [6.07, 6.45) is 7.06. The van der Waals surface area contributed by atoms with Crippen molar-refractivity contribution in [2.24, 2.45) is 11.3 Å². The molecule has 0 bridgehead atoms. The van der Waals surface area contributed by atoms with Crippen molar-refractivity contribution < 1.29 is 18.6 Å². The SMILES string of the molecule is CC(C)(C)OCC(C)(C)C1=CC(C=c2c(=O)c(=Cc3cc(-c4ccc(Cl)c(Cl)c4)[o+]c(C(C)(C)COC(C)(C)C)c3)c2=O)C=C(c2ccc(Cl)c(Cl)c2)O1. The Morgan fingerprint density at radius 3 is 1.76 bits per heavy atom. The summed E-state index contributed by atoms with van der Waals surface area (Å²) in [5.74, 6) is 1.83. The number of hydrogen-bond donors (Lipinski definition) is 0. The highest BCUT2D eigenvalue weighted by Crippen LogP contribution is 2.39. The zero-order valence-corrected chi connectivity index (χ0v) is 35.4. The maximum absolute atomic E-state index is 13.7. The minimum Gasteiger partial charge on any atom is -0.461 e. The second kappa shape index (κ2) is 15.7. The summed E-state index contributed by atoms with van der Waals surface area (Å²) in [4.78, 5) is 27.5. The molecule has 5 rings (SSSR count). The Labute approximate surface area is 337 Å². The number of hydrogen-bond acceptors (Lipinski definition) is 5. The van der Waals surface area contributed by atoms with E-state index in [-0.39, 0.29) is 32.5 Å². The molecule has 1 aliphatic heterocycles. The first kappa shape index (κ1) is 41.9. The first-order valence-corrected chi connectivity index (χ1v) is 19.3. The van der Waals surface area contributed by atoms with Crippen molar-refractivity contribution in [1.82, 2.24) is 0 Å². The topological polar surface area (TPSA) is 73.1 Å². The van der Waals surface area contributed by atoms with E-state index >= 15 is 0 Å². The van der Waals surface area contributed by atoms with Gasteiger partial charge in [0, 0.05) is 23.0 Å². The average molecular weight is 814 g/mol. The normalized spacial score (nSPS) is 15.5. The van der Waals surface area contributed by atoms with E-state index in [1.807, 2.05) is 93.5 Å². The lowest BCUT2D eigenvalue weighted by Gasteiger charge is -2.34. The first-order chi connectivity index (χ1) is 24.9. The van der Waals surface area contributed by atoms with Crippen molar-refractivity contribution in [3.63, 3.8) is 0 Å². The second-order valence-electron chi connectivity index (χ2n) is 17.0. The van der Waals surface area contributed by atoms with Crippen molar-refractivity contribution in [3.05, 3.63) is 134 Å². The van der Waals surface area contributed by atoms with Gasteiger partial charge in [0.2, 0.25) is 10.9 Å². The molecule has 286 valence electrons. The maximum atomic E-state index is 13.7. The molecule has 0 amide bonds. The summed E-state index contributed by atoms with van der Waals surface area (Å²) in [5, 5.41) is 1.75. The van der Waals surface area contributed by atoms with Gasteiger partial charge in [0.05, 0.1) is 66.6 Å². The lowest BCUT2D eigenvalue weighted by atomic mass is 9.87. The van der Waals surface area contributed by atoms with Crippen LogP contribution in [0, 0.1) is 11.3 Å². The third-order valence-corrected chi connectivity index (χ3v) is 10.3. The third-order valence-electron chi connectivity index (χ3n) is 8.85. The Bertz CT molecular complexity index is 2300. The highest BCUT2D eigenvalue weighted by molar-refractivity contribution is 6.42. The molecule has 1 aromatic heterocycles. The Hall–Kier alpha value is -3.23. The van der Waals surface area contributed by atoms with E-state index in [1.165, 1.54) is 0 Å². The van der Waals surface area contributed by atoms with Gasteiger partial charge in [-0.15, -0.1) is 0 Å². The van der Waals surface area contributed by atoms with Crippen LogP contribution in [0.2, 0.25) is 20.1 Å². The molecule has 0 saturated carbocycles. The first-order valence-electron chi connectivity index (χ1n) is 17.7. The fourth-order valence-corrected chi connectivity index (χ4v) is 6.19. The molecular weight excluding hydrogens is 766 g/mol. The molecule has 0 fully saturated rings. The van der Waals surface area contributed by atoms with Crippen molar-refractivity contribution >= 4 is 64.3 Å². The Morgan fingerprint density at radius 1 is 0.667 bits per heavy atom. The van der Waals surface area contributed by atoms with Crippen LogP contribution in [0.1, 0.15) is 86.1 Å². The molecule has 0 saturated heterocycles. The smallest absolute Gasteiger partial charge is 0.360 e. The van der Waals surface area contributed by atoms with Crippen LogP contribution < -0.4 is 21.3 Å². The fraction of sp³-hybridized carbons (Fsp3) is 0.386. The summed E-state index contributed by atoms with van der Waals surface area (Å²) in [6.45, 7) is 20.8. The second-order valence-corrected chi connectivity index (χ2v) is 18.6. The number of benzene rings is 2. The monoisotopic (exact) mass is 811 g/mol. The standard InChI is InChI=1S/C44H47Cl4O6/c1-41(2,3)51-23-43(7,8)37-19-25(17-35(53-37)27-11-13-31(45)33(47)21-27)15-29-39(49)30(40(29)50)16-26-18-36(28-12-14-32(46)34(48)22-28)54-38(20-26)44(9,10)24-52-42(4,5)6/h11-22,25H,23-24H2,1-10H3/q+1. The third kappa shape index (κ3) is 10.1. The quantitative estimate of drug-likeness (QED) is 0.149. The van der Waals surface area contributed by atoms with Gasteiger partial charge >= 0.3 is 11.5 Å². The molecule has 1 unspecified atom stereocenters. The summed E-state index contributed by atoms with van der Waals surface area (Å²) < 4.78 is 25.2. The summed E-state index contributed by atoms with van der Waals surface area (Å²) in [7, 11) is 0. The molecule has 10 heteroatoms.